The van der Waals surface area contributed by atoms with Crippen molar-refractivity contribution in [3.8, 4) is 17.0 Å². The third kappa shape index (κ3) is 3.17. The highest BCUT2D eigenvalue weighted by atomic mass is 16.3. The maximum atomic E-state index is 12.0. The molecular weight excluding hydrogens is 342 g/mol. The molecule has 0 saturated carbocycles. The lowest BCUT2D eigenvalue weighted by Crippen LogP contribution is -2.48. The fourth-order valence-corrected chi connectivity index (χ4v) is 3.49. The van der Waals surface area contributed by atoms with Gasteiger partial charge in [-0.3, -0.25) is 9.69 Å². The Labute approximate surface area is 156 Å². The number of hydrogen-bond acceptors (Lipinski definition) is 5. The highest BCUT2D eigenvalue weighted by molar-refractivity contribution is 5.87. The number of carbonyl (C=O) groups excluding carboxylic acids is 1. The van der Waals surface area contributed by atoms with Crippen LogP contribution in [0, 0.1) is 0 Å². The summed E-state index contributed by atoms with van der Waals surface area (Å²) in [5.41, 5.74) is 2.93. The van der Waals surface area contributed by atoms with E-state index in [0.717, 1.165) is 17.6 Å². The molecule has 1 saturated heterocycles. The highest BCUT2D eigenvalue weighted by Gasteiger charge is 2.28. The van der Waals surface area contributed by atoms with Crippen LogP contribution in [0.2, 0.25) is 0 Å². The molecule has 138 valence electrons. The third-order valence-electron chi connectivity index (χ3n) is 5.07. The van der Waals surface area contributed by atoms with Gasteiger partial charge in [0.15, 0.2) is 5.65 Å². The molecule has 0 aliphatic carbocycles. The monoisotopic (exact) mass is 363 g/mol. The third-order valence-corrected chi connectivity index (χ3v) is 5.07. The van der Waals surface area contributed by atoms with E-state index in [9.17, 15) is 9.90 Å². The van der Waals surface area contributed by atoms with Crippen LogP contribution in [0.4, 0.5) is 0 Å². The summed E-state index contributed by atoms with van der Waals surface area (Å²) >= 11 is 0. The molecule has 0 spiro atoms. The first-order valence-corrected chi connectivity index (χ1v) is 8.83. The molecule has 27 heavy (non-hydrogen) atoms. The van der Waals surface area contributed by atoms with Gasteiger partial charge in [-0.25, -0.2) is 0 Å². The fourth-order valence-electron chi connectivity index (χ4n) is 3.49. The normalized spacial score (nSPS) is 18.0. The number of hydrogen-bond donors (Lipinski definition) is 2. The number of amides is 1. The van der Waals surface area contributed by atoms with Crippen molar-refractivity contribution in [1.29, 1.82) is 0 Å². The molecule has 0 radical (unpaired) electrons. The SMILES string of the molecule is C=CC(=O)N1CCN(C)[C@@H](c2cc3cc(-c4ccccc4O)nnc3[nH]2)C1. The van der Waals surface area contributed by atoms with Crippen LogP contribution in [0.25, 0.3) is 22.3 Å². The summed E-state index contributed by atoms with van der Waals surface area (Å²) in [4.78, 5) is 19.3. The number of aromatic nitrogens is 3. The maximum Gasteiger partial charge on any atom is 0.246 e. The topological polar surface area (TPSA) is 85.3 Å². The number of phenols is 1. The zero-order valence-electron chi connectivity index (χ0n) is 15.1. The minimum atomic E-state index is -0.0501. The minimum Gasteiger partial charge on any atom is -0.507 e. The number of H-pyrrole nitrogens is 1. The zero-order valence-corrected chi connectivity index (χ0v) is 15.1. The number of nitrogens with zero attached hydrogens (tertiary/aromatic N) is 4. The molecular formula is C20H21N5O2. The Morgan fingerprint density at radius 1 is 1.30 bits per heavy atom. The molecule has 0 unspecified atom stereocenters. The minimum absolute atomic E-state index is 0.0467. The van der Waals surface area contributed by atoms with E-state index in [-0.39, 0.29) is 17.7 Å². The van der Waals surface area contributed by atoms with Gasteiger partial charge in [-0.1, -0.05) is 18.7 Å². The Bertz CT molecular complexity index is 1010. The molecule has 1 atom stereocenters. The first-order chi connectivity index (χ1) is 13.1. The molecule has 3 heterocycles. The average molecular weight is 363 g/mol. The van der Waals surface area contributed by atoms with Gasteiger partial charge in [-0.05, 0) is 37.4 Å². The van der Waals surface area contributed by atoms with Crippen LogP contribution in [0.3, 0.4) is 0 Å². The number of carbonyl (C=O) groups is 1. The highest BCUT2D eigenvalue weighted by Crippen LogP contribution is 2.30. The summed E-state index contributed by atoms with van der Waals surface area (Å²) in [6.07, 6.45) is 1.36. The van der Waals surface area contributed by atoms with Crippen molar-refractivity contribution in [2.45, 2.75) is 6.04 Å². The van der Waals surface area contributed by atoms with Crippen molar-refractivity contribution < 1.29 is 9.90 Å². The Hall–Kier alpha value is -3.19. The number of rotatable bonds is 3. The number of aromatic amines is 1. The Morgan fingerprint density at radius 2 is 2.11 bits per heavy atom. The number of aromatic hydroxyl groups is 1. The molecule has 7 nitrogen and oxygen atoms in total. The lowest BCUT2D eigenvalue weighted by Gasteiger charge is -2.38. The van der Waals surface area contributed by atoms with E-state index in [2.05, 4.69) is 26.7 Å². The van der Waals surface area contributed by atoms with Crippen LogP contribution in [-0.2, 0) is 4.79 Å². The number of piperazine rings is 1. The number of fused-ring (bicyclic) bond motifs is 1. The van der Waals surface area contributed by atoms with E-state index < -0.39 is 0 Å². The summed E-state index contributed by atoms with van der Waals surface area (Å²) in [6, 6.07) is 11.1. The Kier molecular flexibility index (Phi) is 4.37. The Balaban J connectivity index is 1.68. The van der Waals surface area contributed by atoms with Crippen molar-refractivity contribution in [3.05, 3.63) is 54.7 Å². The van der Waals surface area contributed by atoms with Gasteiger partial charge in [0.25, 0.3) is 0 Å². The summed E-state index contributed by atoms with van der Waals surface area (Å²) < 4.78 is 0. The van der Waals surface area contributed by atoms with Crippen LogP contribution in [0.15, 0.2) is 49.1 Å². The quantitative estimate of drug-likeness (QED) is 0.698. The first-order valence-electron chi connectivity index (χ1n) is 8.83. The summed E-state index contributed by atoms with van der Waals surface area (Å²) in [7, 11) is 2.05. The van der Waals surface area contributed by atoms with Gasteiger partial charge in [0.2, 0.25) is 5.91 Å². The maximum absolute atomic E-state index is 12.0. The van der Waals surface area contributed by atoms with Crippen molar-refractivity contribution >= 4 is 16.9 Å². The van der Waals surface area contributed by atoms with Crippen molar-refractivity contribution in [1.82, 2.24) is 25.0 Å². The lowest BCUT2D eigenvalue weighted by atomic mass is 10.1. The van der Waals surface area contributed by atoms with Gasteiger partial charge in [0.05, 0.1) is 11.7 Å². The molecule has 1 aliphatic heterocycles. The summed E-state index contributed by atoms with van der Waals surface area (Å²) in [5.74, 6) is 0.123. The summed E-state index contributed by atoms with van der Waals surface area (Å²) in [6.45, 7) is 5.65. The van der Waals surface area contributed by atoms with Gasteiger partial charge in [0.1, 0.15) is 5.75 Å². The predicted octanol–water partition coefficient (Wildman–Crippen LogP) is 2.33. The standard InChI is InChI=1S/C20H21N5O2/c1-3-19(27)25-9-8-24(2)17(12-25)16-11-13-10-15(22-23-20(13)21-16)14-6-4-5-7-18(14)26/h3-7,10-11,17,26H,1,8-9,12H2,2H3,(H,21,23)/t17-/m1/s1. The van der Waals surface area contributed by atoms with Crippen LogP contribution in [0.5, 0.6) is 5.75 Å². The van der Waals surface area contributed by atoms with Gasteiger partial charge in [-0.2, -0.15) is 0 Å². The van der Waals surface area contributed by atoms with Gasteiger partial charge < -0.3 is 15.0 Å². The second kappa shape index (κ2) is 6.85. The van der Waals surface area contributed by atoms with Crippen LogP contribution in [0.1, 0.15) is 11.7 Å². The van der Waals surface area contributed by atoms with Crippen LogP contribution >= 0.6 is 0 Å². The van der Waals surface area contributed by atoms with Crippen LogP contribution in [-0.4, -0.2) is 62.7 Å². The molecule has 1 aromatic carbocycles. The van der Waals surface area contributed by atoms with Crippen molar-refractivity contribution in [2.24, 2.45) is 0 Å². The fraction of sp³-hybridized carbons (Fsp3) is 0.250. The summed E-state index contributed by atoms with van der Waals surface area (Å²) in [5, 5.41) is 19.5. The number of phenolic OH excluding ortho intramolecular Hbond substituents is 1. The second-order valence-electron chi connectivity index (χ2n) is 6.76. The van der Waals surface area contributed by atoms with E-state index in [4.69, 9.17) is 0 Å². The van der Waals surface area contributed by atoms with Gasteiger partial charge in [-0.15, -0.1) is 10.2 Å². The van der Waals surface area contributed by atoms with Gasteiger partial charge in [0, 0.05) is 36.3 Å². The van der Waals surface area contributed by atoms with E-state index in [1.807, 2.05) is 36.2 Å². The molecule has 2 aromatic heterocycles. The molecule has 2 N–H and O–H groups in total. The van der Waals surface area contributed by atoms with E-state index in [0.29, 0.717) is 30.0 Å². The Morgan fingerprint density at radius 3 is 2.89 bits per heavy atom. The number of benzene rings is 1. The van der Waals surface area contributed by atoms with Gasteiger partial charge >= 0.3 is 0 Å². The van der Waals surface area contributed by atoms with Crippen molar-refractivity contribution in [2.75, 3.05) is 26.7 Å². The smallest absolute Gasteiger partial charge is 0.246 e. The number of para-hydroxylation sites is 1. The molecule has 1 fully saturated rings. The first kappa shape index (κ1) is 17.2. The van der Waals surface area contributed by atoms with Crippen LogP contribution < -0.4 is 0 Å². The number of nitrogens with one attached hydrogen (secondary N) is 1. The molecule has 3 aromatic rings. The number of likely N-dealkylation sites (N-methyl/N-ethyl adjacent to an activating group) is 1. The molecule has 1 aliphatic rings. The van der Waals surface area contributed by atoms with E-state index in [1.165, 1.54) is 6.08 Å². The van der Waals surface area contributed by atoms with E-state index >= 15 is 0 Å². The zero-order chi connectivity index (χ0) is 19.0. The molecule has 0 bridgehead atoms. The predicted molar refractivity (Wildman–Crippen MR) is 103 cm³/mol. The average Bonchev–Trinajstić information content (AvgIpc) is 3.11. The molecule has 7 heteroatoms. The van der Waals surface area contributed by atoms with Crippen molar-refractivity contribution in [3.63, 3.8) is 0 Å². The largest absolute Gasteiger partial charge is 0.507 e. The molecule has 1 amide bonds. The van der Waals surface area contributed by atoms with E-state index in [1.54, 1.807) is 12.1 Å². The lowest BCUT2D eigenvalue weighted by molar-refractivity contribution is -0.128. The molecule has 4 rings (SSSR count). The second-order valence-corrected chi connectivity index (χ2v) is 6.76.